The van der Waals surface area contributed by atoms with Gasteiger partial charge in [-0.15, -0.1) is 11.3 Å². The minimum atomic E-state index is -0.845. The molecule has 0 radical (unpaired) electrons. The van der Waals surface area contributed by atoms with Gasteiger partial charge >= 0.3 is 0 Å². The Morgan fingerprint density at radius 1 is 1.50 bits per heavy atom. The highest BCUT2D eigenvalue weighted by molar-refractivity contribution is 7.84. The van der Waals surface area contributed by atoms with E-state index in [0.717, 1.165) is 11.3 Å². The fourth-order valence-electron chi connectivity index (χ4n) is 2.38. The summed E-state index contributed by atoms with van der Waals surface area (Å²) in [4.78, 5) is 15.6. The molecule has 3 unspecified atom stereocenters. The van der Waals surface area contributed by atoms with Crippen LogP contribution < -0.4 is 5.32 Å². The lowest BCUT2D eigenvalue weighted by molar-refractivity contribution is -0.132. The average Bonchev–Trinajstić information content (AvgIpc) is 3.06. The monoisotopic (exact) mass is 314 g/mol. The van der Waals surface area contributed by atoms with Gasteiger partial charge in [0, 0.05) is 33.7 Å². The van der Waals surface area contributed by atoms with Gasteiger partial charge in [-0.2, -0.15) is 0 Å². The Morgan fingerprint density at radius 3 is 2.80 bits per heavy atom. The first kappa shape index (κ1) is 15.7. The SMILES string of the molecule is CCS(=O)CCN1C(=O)C(C)(CC)NC1c1cccs1. The van der Waals surface area contributed by atoms with Crippen molar-refractivity contribution in [3.8, 4) is 0 Å². The first-order valence-electron chi connectivity index (χ1n) is 6.99. The lowest BCUT2D eigenvalue weighted by Gasteiger charge is -2.23. The van der Waals surface area contributed by atoms with E-state index >= 15 is 0 Å². The summed E-state index contributed by atoms with van der Waals surface area (Å²) in [6, 6.07) is 4.04. The molecule has 2 rings (SSSR count). The van der Waals surface area contributed by atoms with E-state index in [2.05, 4.69) is 5.32 Å². The van der Waals surface area contributed by atoms with Gasteiger partial charge in [0.05, 0.1) is 5.54 Å². The molecule has 20 heavy (non-hydrogen) atoms. The third kappa shape index (κ3) is 2.97. The fraction of sp³-hybridized carbons (Fsp3) is 0.643. The van der Waals surface area contributed by atoms with Crippen molar-refractivity contribution >= 4 is 28.0 Å². The second-order valence-corrected chi connectivity index (χ2v) is 8.02. The number of hydrogen-bond donors (Lipinski definition) is 1. The molecule has 1 aromatic rings. The zero-order chi connectivity index (χ0) is 14.8. The first-order valence-corrected chi connectivity index (χ1v) is 9.35. The molecule has 1 aliphatic rings. The topological polar surface area (TPSA) is 49.4 Å². The van der Waals surface area contributed by atoms with Crippen LogP contribution in [0.4, 0.5) is 0 Å². The Hall–Kier alpha value is -0.720. The van der Waals surface area contributed by atoms with Gasteiger partial charge in [0.15, 0.2) is 0 Å². The van der Waals surface area contributed by atoms with Gasteiger partial charge in [0.25, 0.3) is 0 Å². The van der Waals surface area contributed by atoms with E-state index in [4.69, 9.17) is 0 Å². The number of amides is 1. The quantitative estimate of drug-likeness (QED) is 0.875. The van der Waals surface area contributed by atoms with Gasteiger partial charge in [0.2, 0.25) is 5.91 Å². The molecular weight excluding hydrogens is 292 g/mol. The van der Waals surface area contributed by atoms with E-state index in [1.807, 2.05) is 43.2 Å². The van der Waals surface area contributed by atoms with E-state index in [1.54, 1.807) is 11.3 Å². The standard InChI is InChI=1S/C14H22N2O2S2/c1-4-14(3)13(17)16(8-10-20(18)5-2)12(15-14)11-7-6-9-19-11/h6-7,9,12,15H,4-5,8,10H2,1-3H3. The average molecular weight is 314 g/mol. The Morgan fingerprint density at radius 2 is 2.25 bits per heavy atom. The van der Waals surface area contributed by atoms with Crippen molar-refractivity contribution in [1.29, 1.82) is 0 Å². The number of nitrogens with zero attached hydrogens (tertiary/aromatic N) is 1. The van der Waals surface area contributed by atoms with Crippen LogP contribution in [-0.4, -0.2) is 38.6 Å². The maximum absolute atomic E-state index is 12.6. The van der Waals surface area contributed by atoms with Crippen LogP contribution in [0.1, 0.15) is 38.2 Å². The van der Waals surface area contributed by atoms with Gasteiger partial charge in [-0.1, -0.05) is 19.9 Å². The van der Waals surface area contributed by atoms with Crippen molar-refractivity contribution in [3.05, 3.63) is 22.4 Å². The summed E-state index contributed by atoms with van der Waals surface area (Å²) in [7, 11) is -0.845. The van der Waals surface area contributed by atoms with E-state index in [9.17, 15) is 9.00 Å². The maximum atomic E-state index is 12.6. The molecule has 1 N–H and O–H groups in total. The molecule has 1 amide bonds. The normalized spacial score (nSPS) is 28.1. The van der Waals surface area contributed by atoms with Gasteiger partial charge < -0.3 is 4.90 Å². The molecule has 6 heteroatoms. The molecule has 4 nitrogen and oxygen atoms in total. The van der Waals surface area contributed by atoms with Crippen molar-refractivity contribution < 1.29 is 9.00 Å². The van der Waals surface area contributed by atoms with Crippen molar-refractivity contribution in [2.75, 3.05) is 18.1 Å². The molecule has 1 aliphatic heterocycles. The first-order chi connectivity index (χ1) is 9.51. The van der Waals surface area contributed by atoms with E-state index < -0.39 is 16.3 Å². The Kier molecular flexibility index (Phi) is 4.99. The summed E-state index contributed by atoms with van der Waals surface area (Å²) in [5.74, 6) is 1.31. The van der Waals surface area contributed by atoms with Gasteiger partial charge in [-0.05, 0) is 24.8 Å². The van der Waals surface area contributed by atoms with Crippen molar-refractivity contribution in [1.82, 2.24) is 10.2 Å². The molecule has 1 aromatic heterocycles. The summed E-state index contributed by atoms with van der Waals surface area (Å²) in [6.45, 7) is 6.42. The molecule has 3 atom stereocenters. The van der Waals surface area contributed by atoms with Gasteiger partial charge in [-0.25, -0.2) is 0 Å². The third-order valence-electron chi connectivity index (χ3n) is 3.90. The predicted molar refractivity (Wildman–Crippen MR) is 84.2 cm³/mol. The van der Waals surface area contributed by atoms with Crippen molar-refractivity contribution in [2.24, 2.45) is 0 Å². The van der Waals surface area contributed by atoms with Crippen LogP contribution in [-0.2, 0) is 15.6 Å². The van der Waals surface area contributed by atoms with Crippen molar-refractivity contribution in [2.45, 2.75) is 38.9 Å². The molecular formula is C14H22N2O2S2. The van der Waals surface area contributed by atoms with Crippen LogP contribution in [0.5, 0.6) is 0 Å². The van der Waals surface area contributed by atoms with Gasteiger partial charge in [-0.3, -0.25) is 14.3 Å². The van der Waals surface area contributed by atoms with Crippen LogP contribution in [0.25, 0.3) is 0 Å². The van der Waals surface area contributed by atoms with Crippen LogP contribution in [0.2, 0.25) is 0 Å². The van der Waals surface area contributed by atoms with Crippen LogP contribution in [0.3, 0.4) is 0 Å². The minimum absolute atomic E-state index is 0.0821. The number of hydrogen-bond acceptors (Lipinski definition) is 4. The largest absolute Gasteiger partial charge is 0.320 e. The Balaban J connectivity index is 2.19. The zero-order valence-electron chi connectivity index (χ0n) is 12.2. The predicted octanol–water partition coefficient (Wildman–Crippen LogP) is 2.12. The lowest BCUT2D eigenvalue weighted by Crippen LogP contribution is -2.43. The smallest absolute Gasteiger partial charge is 0.244 e. The summed E-state index contributed by atoms with van der Waals surface area (Å²) >= 11 is 1.64. The lowest BCUT2D eigenvalue weighted by atomic mass is 9.99. The van der Waals surface area contributed by atoms with Gasteiger partial charge in [0.1, 0.15) is 6.17 Å². The highest BCUT2D eigenvalue weighted by atomic mass is 32.2. The third-order valence-corrected chi connectivity index (χ3v) is 6.11. The second kappa shape index (κ2) is 6.37. The minimum Gasteiger partial charge on any atom is -0.320 e. The van der Waals surface area contributed by atoms with Crippen LogP contribution in [0, 0.1) is 0 Å². The summed E-state index contributed by atoms with van der Waals surface area (Å²) in [5.41, 5.74) is -0.512. The molecule has 0 bridgehead atoms. The summed E-state index contributed by atoms with van der Waals surface area (Å²) in [5, 5.41) is 5.47. The Labute approximate surface area is 127 Å². The molecule has 112 valence electrons. The van der Waals surface area contributed by atoms with Crippen molar-refractivity contribution in [3.63, 3.8) is 0 Å². The molecule has 1 fully saturated rings. The highest BCUT2D eigenvalue weighted by Crippen LogP contribution is 2.34. The van der Waals surface area contributed by atoms with E-state index in [0.29, 0.717) is 18.1 Å². The van der Waals surface area contributed by atoms with Crippen LogP contribution >= 0.6 is 11.3 Å². The maximum Gasteiger partial charge on any atom is 0.244 e. The van der Waals surface area contributed by atoms with E-state index in [1.165, 1.54) is 0 Å². The van der Waals surface area contributed by atoms with Crippen LogP contribution in [0.15, 0.2) is 17.5 Å². The molecule has 0 saturated carbocycles. The second-order valence-electron chi connectivity index (χ2n) is 5.18. The number of rotatable bonds is 6. The summed E-state index contributed by atoms with van der Waals surface area (Å²) in [6.07, 6.45) is 0.669. The number of carbonyl (C=O) groups is 1. The van der Waals surface area contributed by atoms with E-state index in [-0.39, 0.29) is 12.1 Å². The molecule has 0 aliphatic carbocycles. The molecule has 1 saturated heterocycles. The molecule has 0 spiro atoms. The number of thiophene rings is 1. The summed E-state index contributed by atoms with van der Waals surface area (Å²) < 4.78 is 11.7. The highest BCUT2D eigenvalue weighted by Gasteiger charge is 2.47. The number of nitrogens with one attached hydrogen (secondary N) is 1. The molecule has 2 heterocycles. The molecule has 0 aromatic carbocycles. The zero-order valence-corrected chi connectivity index (χ0v) is 13.9. The fourth-order valence-corrected chi connectivity index (χ4v) is 3.85. The Bertz CT molecular complexity index is 489. The number of carbonyl (C=O) groups excluding carboxylic acids is 1.